The Balaban J connectivity index is 1.65. The molecule has 0 atom stereocenters. The quantitative estimate of drug-likeness (QED) is 0.168. The van der Waals surface area contributed by atoms with E-state index in [0.717, 1.165) is 28.7 Å². The molecule has 0 amide bonds. The zero-order valence-corrected chi connectivity index (χ0v) is 22.5. The fraction of sp³-hybridized carbons (Fsp3) is 0.172. The van der Waals surface area contributed by atoms with Crippen molar-refractivity contribution in [3.63, 3.8) is 0 Å². The van der Waals surface area contributed by atoms with Gasteiger partial charge in [-0.25, -0.2) is 0 Å². The lowest BCUT2D eigenvalue weighted by atomic mass is 9.82. The van der Waals surface area contributed by atoms with Gasteiger partial charge in [-0.2, -0.15) is 0 Å². The highest BCUT2D eigenvalue weighted by molar-refractivity contribution is 6.33. The van der Waals surface area contributed by atoms with Crippen LogP contribution in [0, 0.1) is 0 Å². The number of hydrogen-bond acceptors (Lipinski definition) is 4. The van der Waals surface area contributed by atoms with Crippen molar-refractivity contribution in [3.05, 3.63) is 115 Å². The molecule has 37 heavy (non-hydrogen) atoms. The van der Waals surface area contributed by atoms with Crippen LogP contribution in [0.5, 0.6) is 23.0 Å². The van der Waals surface area contributed by atoms with E-state index in [4.69, 9.17) is 46.4 Å². The maximum atomic E-state index is 9.92. The average Bonchev–Trinajstić information content (AvgIpc) is 2.87. The van der Waals surface area contributed by atoms with E-state index in [2.05, 4.69) is 0 Å². The molecule has 0 radical (unpaired) electrons. The number of phenolic OH excluding ortho intramolecular Hbond substituents is 4. The van der Waals surface area contributed by atoms with E-state index in [1.54, 1.807) is 48.5 Å². The highest BCUT2D eigenvalue weighted by atomic mass is 35.5. The lowest BCUT2D eigenvalue weighted by molar-refractivity contribution is 0.474. The topological polar surface area (TPSA) is 80.9 Å². The van der Waals surface area contributed by atoms with Gasteiger partial charge in [-0.3, -0.25) is 0 Å². The van der Waals surface area contributed by atoms with Gasteiger partial charge in [0, 0.05) is 11.8 Å². The van der Waals surface area contributed by atoms with Crippen LogP contribution in [0.25, 0.3) is 0 Å². The Kier molecular flexibility index (Phi) is 8.66. The second-order valence-electron chi connectivity index (χ2n) is 8.88. The summed E-state index contributed by atoms with van der Waals surface area (Å²) in [7, 11) is 0. The number of hydrogen-bond donors (Lipinski definition) is 4. The minimum absolute atomic E-state index is 0.00128. The van der Waals surface area contributed by atoms with Gasteiger partial charge in [-0.05, 0) is 83.6 Å². The number of halogens is 4. The lowest BCUT2D eigenvalue weighted by Crippen LogP contribution is -2.06. The fourth-order valence-corrected chi connectivity index (χ4v) is 5.29. The summed E-state index contributed by atoms with van der Waals surface area (Å²) in [4.78, 5) is 0. The van der Waals surface area contributed by atoms with Crippen LogP contribution in [0.15, 0.2) is 72.8 Å². The van der Waals surface area contributed by atoms with Crippen LogP contribution in [0.4, 0.5) is 0 Å². The van der Waals surface area contributed by atoms with E-state index < -0.39 is 0 Å². The molecule has 0 fully saturated rings. The van der Waals surface area contributed by atoms with Gasteiger partial charge >= 0.3 is 0 Å². The van der Waals surface area contributed by atoms with Crippen LogP contribution in [-0.4, -0.2) is 20.4 Å². The predicted octanol–water partition coefficient (Wildman–Crippen LogP) is 9.26. The van der Waals surface area contributed by atoms with Crippen LogP contribution < -0.4 is 0 Å². The van der Waals surface area contributed by atoms with E-state index in [-0.39, 0.29) is 54.9 Å². The Morgan fingerprint density at radius 2 is 0.676 bits per heavy atom. The Morgan fingerprint density at radius 3 is 0.892 bits per heavy atom. The van der Waals surface area contributed by atoms with Crippen LogP contribution in [0.3, 0.4) is 0 Å². The first-order chi connectivity index (χ1) is 17.6. The van der Waals surface area contributed by atoms with Crippen molar-refractivity contribution in [3.8, 4) is 23.0 Å². The van der Waals surface area contributed by atoms with Crippen LogP contribution in [0.2, 0.25) is 20.1 Å². The zero-order chi connectivity index (χ0) is 26.7. The summed E-state index contributed by atoms with van der Waals surface area (Å²) in [5.41, 5.74) is 3.62. The Morgan fingerprint density at radius 1 is 0.432 bits per heavy atom. The van der Waals surface area contributed by atoms with Gasteiger partial charge < -0.3 is 20.4 Å². The molecule has 192 valence electrons. The standard InChI is InChI=1S/C29H24Cl4O4/c30-22-12-16(4-8-26(22)34)20(17-5-9-27(35)23(31)13-17)2-1-3-21(18-6-10-28(36)24(32)14-18)19-7-11-29(37)25(33)15-19/h4-15,20-21,34-37H,1-3H2. The van der Waals surface area contributed by atoms with Crippen LogP contribution in [0.1, 0.15) is 53.4 Å². The Bertz CT molecular complexity index is 1210. The molecule has 0 aromatic heterocycles. The molecule has 0 saturated carbocycles. The first-order valence-electron chi connectivity index (χ1n) is 11.6. The third-order valence-corrected chi connectivity index (χ3v) is 7.69. The molecular formula is C29H24Cl4O4. The van der Waals surface area contributed by atoms with E-state index >= 15 is 0 Å². The second kappa shape index (κ2) is 11.7. The molecule has 0 unspecified atom stereocenters. The van der Waals surface area contributed by atoms with E-state index in [1.807, 2.05) is 24.3 Å². The molecule has 0 saturated heterocycles. The Labute approximate surface area is 235 Å². The van der Waals surface area contributed by atoms with Crippen molar-refractivity contribution in [2.24, 2.45) is 0 Å². The summed E-state index contributed by atoms with van der Waals surface area (Å²) in [6.45, 7) is 0. The van der Waals surface area contributed by atoms with Crippen molar-refractivity contribution in [1.29, 1.82) is 0 Å². The summed E-state index contributed by atoms with van der Waals surface area (Å²) in [6.07, 6.45) is 2.16. The molecule has 0 spiro atoms. The first kappa shape index (κ1) is 27.3. The average molecular weight is 578 g/mol. The molecule has 0 aliphatic rings. The van der Waals surface area contributed by atoms with Gasteiger partial charge in [0.2, 0.25) is 0 Å². The highest BCUT2D eigenvalue weighted by Gasteiger charge is 2.21. The van der Waals surface area contributed by atoms with E-state index in [9.17, 15) is 20.4 Å². The predicted molar refractivity (Wildman–Crippen MR) is 150 cm³/mol. The maximum absolute atomic E-state index is 9.92. The summed E-state index contributed by atoms with van der Waals surface area (Å²) in [5.74, 6) is -0.210. The molecule has 4 aromatic carbocycles. The maximum Gasteiger partial charge on any atom is 0.134 e. The molecule has 4 aromatic rings. The van der Waals surface area contributed by atoms with Gasteiger partial charge in [0.1, 0.15) is 23.0 Å². The van der Waals surface area contributed by atoms with Crippen LogP contribution in [-0.2, 0) is 0 Å². The summed E-state index contributed by atoms with van der Waals surface area (Å²) in [5, 5.41) is 40.7. The van der Waals surface area contributed by atoms with Crippen molar-refractivity contribution in [2.75, 3.05) is 0 Å². The normalized spacial score (nSPS) is 11.4. The summed E-state index contributed by atoms with van der Waals surface area (Å²) < 4.78 is 0. The van der Waals surface area contributed by atoms with Crippen molar-refractivity contribution < 1.29 is 20.4 Å². The first-order valence-corrected chi connectivity index (χ1v) is 13.1. The fourth-order valence-electron chi connectivity index (χ4n) is 4.54. The molecule has 8 heteroatoms. The van der Waals surface area contributed by atoms with Gasteiger partial charge in [0.15, 0.2) is 0 Å². The molecule has 0 bridgehead atoms. The molecule has 0 heterocycles. The summed E-state index contributed by atoms with van der Waals surface area (Å²) in [6, 6.07) is 20.5. The second-order valence-corrected chi connectivity index (χ2v) is 10.5. The van der Waals surface area contributed by atoms with Gasteiger partial charge in [0.05, 0.1) is 20.1 Å². The van der Waals surface area contributed by atoms with Crippen molar-refractivity contribution >= 4 is 46.4 Å². The third-order valence-electron chi connectivity index (χ3n) is 6.48. The minimum Gasteiger partial charge on any atom is -0.506 e. The minimum atomic E-state index is -0.108. The molecule has 0 aliphatic heterocycles. The summed E-state index contributed by atoms with van der Waals surface area (Å²) >= 11 is 24.9. The van der Waals surface area contributed by atoms with Crippen molar-refractivity contribution in [1.82, 2.24) is 0 Å². The van der Waals surface area contributed by atoms with Gasteiger partial charge in [0.25, 0.3) is 0 Å². The smallest absolute Gasteiger partial charge is 0.134 e. The molecular weight excluding hydrogens is 554 g/mol. The van der Waals surface area contributed by atoms with Gasteiger partial charge in [-0.1, -0.05) is 77.1 Å². The third kappa shape index (κ3) is 6.39. The van der Waals surface area contributed by atoms with Crippen molar-refractivity contribution in [2.45, 2.75) is 31.1 Å². The molecule has 0 aliphatic carbocycles. The van der Waals surface area contributed by atoms with E-state index in [1.165, 1.54) is 0 Å². The SMILES string of the molecule is Oc1ccc(C(CCCC(c2ccc(O)c(Cl)c2)c2ccc(O)c(Cl)c2)c2ccc(O)c(Cl)c2)cc1Cl. The highest BCUT2D eigenvalue weighted by Crippen LogP contribution is 2.40. The van der Waals surface area contributed by atoms with E-state index in [0.29, 0.717) is 12.8 Å². The number of benzene rings is 4. The number of rotatable bonds is 8. The zero-order valence-electron chi connectivity index (χ0n) is 19.5. The van der Waals surface area contributed by atoms with Gasteiger partial charge in [-0.15, -0.1) is 0 Å². The lowest BCUT2D eigenvalue weighted by Gasteiger charge is -2.23. The number of aromatic hydroxyl groups is 4. The molecule has 4 nitrogen and oxygen atoms in total. The monoisotopic (exact) mass is 576 g/mol. The Hall–Kier alpha value is -2.76. The number of phenols is 4. The van der Waals surface area contributed by atoms with Crippen LogP contribution >= 0.6 is 46.4 Å². The molecule has 4 rings (SSSR count). The molecule has 4 N–H and O–H groups in total. The largest absolute Gasteiger partial charge is 0.506 e.